The first-order valence-corrected chi connectivity index (χ1v) is 4.45. The molecule has 0 bridgehead atoms. The van der Waals surface area contributed by atoms with Crippen LogP contribution in [0.15, 0.2) is 10.7 Å². The standard InChI is InChI=1S/C8H4BrF2N3O/c9-6-4(8(13)15)1-3(7(10)11)5(2-12)14-6/h1,7H,(H2,13,15). The van der Waals surface area contributed by atoms with E-state index in [1.165, 1.54) is 6.07 Å². The predicted molar refractivity (Wildman–Crippen MR) is 50.1 cm³/mol. The topological polar surface area (TPSA) is 79.8 Å². The number of nitriles is 1. The zero-order valence-electron chi connectivity index (χ0n) is 7.17. The maximum absolute atomic E-state index is 12.4. The summed E-state index contributed by atoms with van der Waals surface area (Å²) in [6, 6.07) is 2.37. The minimum absolute atomic E-state index is 0.0176. The van der Waals surface area contributed by atoms with Crippen LogP contribution in [0.25, 0.3) is 0 Å². The fraction of sp³-hybridized carbons (Fsp3) is 0.125. The number of hydrogen-bond acceptors (Lipinski definition) is 3. The van der Waals surface area contributed by atoms with E-state index < -0.39 is 23.6 Å². The number of hydrogen-bond donors (Lipinski definition) is 1. The van der Waals surface area contributed by atoms with Crippen molar-refractivity contribution >= 4 is 21.8 Å². The molecule has 4 nitrogen and oxygen atoms in total. The van der Waals surface area contributed by atoms with Crippen LogP contribution in [0.4, 0.5) is 8.78 Å². The Morgan fingerprint density at radius 1 is 1.67 bits per heavy atom. The molecule has 0 radical (unpaired) electrons. The summed E-state index contributed by atoms with van der Waals surface area (Å²) in [6.45, 7) is 0. The van der Waals surface area contributed by atoms with Crippen molar-refractivity contribution < 1.29 is 13.6 Å². The molecule has 7 heteroatoms. The number of aromatic nitrogens is 1. The lowest BCUT2D eigenvalue weighted by atomic mass is 10.1. The molecule has 0 aromatic carbocycles. The number of nitrogens with two attached hydrogens (primary N) is 1. The van der Waals surface area contributed by atoms with E-state index in [9.17, 15) is 13.6 Å². The van der Waals surface area contributed by atoms with Crippen molar-refractivity contribution in [1.29, 1.82) is 5.26 Å². The van der Waals surface area contributed by atoms with Gasteiger partial charge in [-0.05, 0) is 22.0 Å². The number of nitrogens with zero attached hydrogens (tertiary/aromatic N) is 2. The van der Waals surface area contributed by atoms with Crippen molar-refractivity contribution in [1.82, 2.24) is 4.98 Å². The minimum atomic E-state index is -2.88. The third kappa shape index (κ3) is 2.27. The zero-order valence-corrected chi connectivity index (χ0v) is 8.75. The molecule has 0 aliphatic rings. The molecule has 0 saturated carbocycles. The molecule has 0 unspecified atom stereocenters. The summed E-state index contributed by atoms with van der Waals surface area (Å²) in [5.74, 6) is -0.888. The molecule has 78 valence electrons. The molecule has 0 atom stereocenters. The highest BCUT2D eigenvalue weighted by Crippen LogP contribution is 2.25. The second-order valence-corrected chi connectivity index (χ2v) is 3.29. The van der Waals surface area contributed by atoms with Gasteiger partial charge in [0, 0.05) is 0 Å². The predicted octanol–water partition coefficient (Wildman–Crippen LogP) is 1.75. The van der Waals surface area contributed by atoms with Gasteiger partial charge in [-0.3, -0.25) is 4.79 Å². The van der Waals surface area contributed by atoms with Crippen LogP contribution < -0.4 is 5.73 Å². The first kappa shape index (κ1) is 11.5. The highest BCUT2D eigenvalue weighted by molar-refractivity contribution is 9.10. The molecule has 1 aromatic rings. The molecule has 0 aliphatic carbocycles. The Morgan fingerprint density at radius 3 is 2.67 bits per heavy atom. The van der Waals surface area contributed by atoms with E-state index in [4.69, 9.17) is 11.0 Å². The van der Waals surface area contributed by atoms with Crippen LogP contribution in [0.2, 0.25) is 0 Å². The monoisotopic (exact) mass is 275 g/mol. The van der Waals surface area contributed by atoms with Crippen LogP contribution in [0.3, 0.4) is 0 Å². The van der Waals surface area contributed by atoms with Gasteiger partial charge in [0.25, 0.3) is 12.3 Å². The van der Waals surface area contributed by atoms with Crippen LogP contribution in [-0.2, 0) is 0 Å². The van der Waals surface area contributed by atoms with Gasteiger partial charge in [0.15, 0.2) is 5.69 Å². The van der Waals surface area contributed by atoms with Crippen molar-refractivity contribution in [2.24, 2.45) is 5.73 Å². The molecule has 1 aromatic heterocycles. The highest BCUT2D eigenvalue weighted by Gasteiger charge is 2.19. The van der Waals surface area contributed by atoms with Gasteiger partial charge in [-0.25, -0.2) is 13.8 Å². The number of alkyl halides is 2. The Labute approximate surface area is 91.8 Å². The maximum Gasteiger partial charge on any atom is 0.266 e. The van der Waals surface area contributed by atoms with Gasteiger partial charge in [0.1, 0.15) is 10.7 Å². The van der Waals surface area contributed by atoms with Crippen LogP contribution in [-0.4, -0.2) is 10.9 Å². The second kappa shape index (κ2) is 4.31. The Balaban J connectivity index is 3.45. The van der Waals surface area contributed by atoms with Gasteiger partial charge >= 0.3 is 0 Å². The third-order valence-corrected chi connectivity index (χ3v) is 2.22. The summed E-state index contributed by atoms with van der Waals surface area (Å²) in [5, 5.41) is 8.54. The number of amides is 1. The largest absolute Gasteiger partial charge is 0.366 e. The molecule has 1 heterocycles. The summed E-state index contributed by atoms with van der Waals surface area (Å²) in [6.07, 6.45) is -2.88. The molecule has 0 fully saturated rings. The number of primary amides is 1. The lowest BCUT2D eigenvalue weighted by Crippen LogP contribution is -2.14. The van der Waals surface area contributed by atoms with Gasteiger partial charge < -0.3 is 5.73 Å². The first-order chi connectivity index (χ1) is 6.97. The summed E-state index contributed by atoms with van der Waals surface area (Å²) in [7, 11) is 0. The van der Waals surface area contributed by atoms with Crippen LogP contribution in [0.1, 0.15) is 28.0 Å². The summed E-state index contributed by atoms with van der Waals surface area (Å²) < 4.78 is 24.8. The van der Waals surface area contributed by atoms with Crippen LogP contribution >= 0.6 is 15.9 Å². The van der Waals surface area contributed by atoms with E-state index >= 15 is 0 Å². The van der Waals surface area contributed by atoms with Gasteiger partial charge in [-0.2, -0.15) is 5.26 Å². The van der Waals surface area contributed by atoms with E-state index in [0.29, 0.717) is 0 Å². The summed E-state index contributed by atoms with van der Waals surface area (Å²) >= 11 is 2.86. The molecule has 1 rings (SSSR count). The molecule has 0 saturated heterocycles. The number of pyridine rings is 1. The first-order valence-electron chi connectivity index (χ1n) is 3.66. The van der Waals surface area contributed by atoms with Crippen LogP contribution in [0.5, 0.6) is 0 Å². The molecule has 2 N–H and O–H groups in total. The summed E-state index contributed by atoms with van der Waals surface area (Å²) in [4.78, 5) is 14.3. The van der Waals surface area contributed by atoms with Crippen LogP contribution in [0, 0.1) is 11.3 Å². The fourth-order valence-corrected chi connectivity index (χ4v) is 1.42. The summed E-state index contributed by atoms with van der Waals surface area (Å²) in [5.41, 5.74) is 3.73. The van der Waals surface area contributed by atoms with Gasteiger partial charge in [0.2, 0.25) is 0 Å². The lowest BCUT2D eigenvalue weighted by molar-refractivity contribution is 0.0998. The molecule has 15 heavy (non-hydrogen) atoms. The molecule has 0 spiro atoms. The van der Waals surface area contributed by atoms with Gasteiger partial charge in [-0.1, -0.05) is 0 Å². The number of halogens is 3. The average molecular weight is 276 g/mol. The van der Waals surface area contributed by atoms with E-state index in [0.717, 1.165) is 6.07 Å². The molecule has 0 aliphatic heterocycles. The Hall–Kier alpha value is -1.55. The number of carbonyl (C=O) groups excluding carboxylic acids is 1. The van der Waals surface area contributed by atoms with Crippen molar-refractivity contribution in [3.05, 3.63) is 27.5 Å². The zero-order chi connectivity index (χ0) is 11.6. The van der Waals surface area contributed by atoms with E-state index in [1.807, 2.05) is 0 Å². The van der Waals surface area contributed by atoms with Crippen molar-refractivity contribution in [2.45, 2.75) is 6.43 Å². The van der Waals surface area contributed by atoms with Gasteiger partial charge in [-0.15, -0.1) is 0 Å². The highest BCUT2D eigenvalue weighted by atomic mass is 79.9. The number of rotatable bonds is 2. The smallest absolute Gasteiger partial charge is 0.266 e. The van der Waals surface area contributed by atoms with E-state index in [2.05, 4.69) is 20.9 Å². The van der Waals surface area contributed by atoms with Gasteiger partial charge in [0.05, 0.1) is 11.1 Å². The normalized spacial score (nSPS) is 10.1. The Bertz CT molecular complexity index is 456. The van der Waals surface area contributed by atoms with Crippen molar-refractivity contribution in [3.63, 3.8) is 0 Å². The fourth-order valence-electron chi connectivity index (χ4n) is 0.935. The van der Waals surface area contributed by atoms with E-state index in [-0.39, 0.29) is 10.2 Å². The molecular formula is C8H4BrF2N3O. The van der Waals surface area contributed by atoms with Crippen molar-refractivity contribution in [3.8, 4) is 6.07 Å². The van der Waals surface area contributed by atoms with Crippen molar-refractivity contribution in [2.75, 3.05) is 0 Å². The Kier molecular flexibility index (Phi) is 3.31. The second-order valence-electron chi connectivity index (χ2n) is 2.54. The van der Waals surface area contributed by atoms with E-state index in [1.54, 1.807) is 0 Å². The SMILES string of the molecule is N#Cc1nc(Br)c(C(N)=O)cc1C(F)F. The quantitative estimate of drug-likeness (QED) is 0.835. The average Bonchev–Trinajstić information content (AvgIpc) is 2.16. The Morgan fingerprint density at radius 2 is 2.27 bits per heavy atom. The lowest BCUT2D eigenvalue weighted by Gasteiger charge is -2.05. The third-order valence-electron chi connectivity index (χ3n) is 1.61. The maximum atomic E-state index is 12.4. The molecular weight excluding hydrogens is 272 g/mol. The number of carbonyl (C=O) groups is 1. The minimum Gasteiger partial charge on any atom is -0.366 e. The molecule has 1 amide bonds.